The minimum absolute atomic E-state index is 0.282. The first kappa shape index (κ1) is 34.3. The predicted octanol–water partition coefficient (Wildman–Crippen LogP) is -5.74. The maximum Gasteiger partial charge on any atom is 0.335 e. The van der Waals surface area contributed by atoms with E-state index in [9.17, 15) is 29.4 Å². The van der Waals surface area contributed by atoms with Crippen LogP contribution in [0.15, 0.2) is 0 Å². The Bertz CT molecular complexity index is 546. The molecule has 0 saturated heterocycles. The third-order valence-electron chi connectivity index (χ3n) is 3.13. The molecule has 0 aliphatic heterocycles. The van der Waals surface area contributed by atoms with Crippen LogP contribution in [0.3, 0.4) is 0 Å². The molecule has 190 valence electrons. The first-order valence-electron chi connectivity index (χ1n) is 9.27. The Hall–Kier alpha value is -2.36. The highest BCUT2D eigenvalue weighted by molar-refractivity contribution is 5.83. The lowest BCUT2D eigenvalue weighted by atomic mass is 10.2. The van der Waals surface area contributed by atoms with Gasteiger partial charge in [0.05, 0.1) is 42.3 Å². The van der Waals surface area contributed by atoms with E-state index in [0.717, 1.165) is 0 Å². The molecule has 0 spiro atoms. The molecule has 0 unspecified atom stereocenters. The smallest absolute Gasteiger partial charge is 0.335 e. The number of likely N-dealkylation sites (N-methyl/N-ethyl adjacent to an activating group) is 2. The molecule has 0 saturated carbocycles. The van der Waals surface area contributed by atoms with Gasteiger partial charge in [-0.15, -0.1) is 0 Å². The van der Waals surface area contributed by atoms with E-state index >= 15 is 0 Å². The molecule has 0 radical (unpaired) electrons. The average molecular weight is 472 g/mol. The van der Waals surface area contributed by atoms with Gasteiger partial charge in [-0.1, -0.05) is 0 Å². The summed E-state index contributed by atoms with van der Waals surface area (Å²) in [5.74, 6) is -5.94. The maximum absolute atomic E-state index is 10.0. The number of carbonyl (C=O) groups is 4. The van der Waals surface area contributed by atoms with E-state index in [1.54, 1.807) is 0 Å². The second-order valence-electron chi connectivity index (χ2n) is 8.97. The number of aliphatic hydroxyl groups excluding tert-OH is 4. The molecule has 0 heterocycles. The van der Waals surface area contributed by atoms with Crippen molar-refractivity contribution in [3.05, 3.63) is 0 Å². The number of nitrogens with zero attached hydrogens (tertiary/aromatic N) is 2. The summed E-state index contributed by atoms with van der Waals surface area (Å²) in [6.07, 6.45) is -6.71. The highest BCUT2D eigenvalue weighted by Gasteiger charge is 2.29. The van der Waals surface area contributed by atoms with Crippen LogP contribution in [-0.4, -0.2) is 143 Å². The largest absolute Gasteiger partial charge is 0.550 e. The molecule has 0 aliphatic rings. The fourth-order valence-corrected chi connectivity index (χ4v) is 2.05. The predicted molar refractivity (Wildman–Crippen MR) is 104 cm³/mol. The molecule has 0 aliphatic carbocycles. The molecular weight excluding hydrogens is 436 g/mol. The maximum atomic E-state index is 10.0. The van der Waals surface area contributed by atoms with Crippen LogP contribution in [0.5, 0.6) is 0 Å². The van der Waals surface area contributed by atoms with Crippen LogP contribution in [0.4, 0.5) is 0 Å². The summed E-state index contributed by atoms with van der Waals surface area (Å²) in [4.78, 5) is 39.6. The van der Waals surface area contributed by atoms with E-state index < -0.39 is 48.3 Å². The van der Waals surface area contributed by atoms with E-state index in [0.29, 0.717) is 22.1 Å². The number of aliphatic hydroxyl groups is 4. The SMILES string of the molecule is C[N+](C)(C)C[C@@H](O)CC(=O)[O-].C[N+](C)(C)C[C@@H](O)CC(=O)[O-].O=C(O)[C@@H](O)[C@H](O)C(=O)O. The second-order valence-corrected chi connectivity index (χ2v) is 8.97. The first-order chi connectivity index (χ1) is 14.1. The third-order valence-corrected chi connectivity index (χ3v) is 3.13. The fourth-order valence-electron chi connectivity index (χ4n) is 2.05. The van der Waals surface area contributed by atoms with E-state index in [2.05, 4.69) is 0 Å². The quantitative estimate of drug-likeness (QED) is 0.154. The Labute approximate surface area is 186 Å². The van der Waals surface area contributed by atoms with Gasteiger partial charge in [-0.25, -0.2) is 9.59 Å². The Kier molecular flexibility index (Phi) is 16.5. The van der Waals surface area contributed by atoms with Gasteiger partial charge < -0.3 is 59.4 Å². The lowest BCUT2D eigenvalue weighted by Gasteiger charge is -2.26. The van der Waals surface area contributed by atoms with Crippen LogP contribution in [-0.2, 0) is 19.2 Å². The van der Waals surface area contributed by atoms with Crippen LogP contribution >= 0.6 is 0 Å². The lowest BCUT2D eigenvalue weighted by Crippen LogP contribution is -2.43. The number of hydrogen-bond acceptors (Lipinski definition) is 10. The van der Waals surface area contributed by atoms with Crippen LogP contribution in [0.2, 0.25) is 0 Å². The van der Waals surface area contributed by atoms with Gasteiger partial charge in [0.2, 0.25) is 0 Å². The zero-order chi connectivity index (χ0) is 26.4. The fraction of sp³-hybridized carbons (Fsp3) is 0.778. The Balaban J connectivity index is -0.000000395. The van der Waals surface area contributed by atoms with Crippen molar-refractivity contribution in [3.63, 3.8) is 0 Å². The molecule has 14 nitrogen and oxygen atoms in total. The zero-order valence-corrected chi connectivity index (χ0v) is 19.2. The molecule has 0 bridgehead atoms. The molecule has 0 aromatic heterocycles. The van der Waals surface area contributed by atoms with Crippen molar-refractivity contribution in [1.82, 2.24) is 0 Å². The van der Waals surface area contributed by atoms with Gasteiger partial charge in [-0.05, 0) is 0 Å². The number of aliphatic carboxylic acids is 4. The monoisotopic (exact) mass is 472 g/mol. The van der Waals surface area contributed by atoms with E-state index in [-0.39, 0.29) is 12.8 Å². The second kappa shape index (κ2) is 15.4. The number of quaternary nitrogens is 2. The number of rotatable bonds is 11. The molecule has 14 heteroatoms. The summed E-state index contributed by atoms with van der Waals surface area (Å²) in [6.45, 7) is 0.849. The molecule has 0 fully saturated rings. The molecule has 32 heavy (non-hydrogen) atoms. The van der Waals surface area contributed by atoms with Gasteiger partial charge in [-0.3, -0.25) is 0 Å². The topological polar surface area (TPSA) is 236 Å². The van der Waals surface area contributed by atoms with Crippen LogP contribution in [0.25, 0.3) is 0 Å². The molecule has 0 aromatic rings. The lowest BCUT2D eigenvalue weighted by molar-refractivity contribution is -0.873. The number of carbonyl (C=O) groups excluding carboxylic acids is 2. The number of carboxylic acids is 4. The van der Waals surface area contributed by atoms with Crippen LogP contribution in [0, 0.1) is 0 Å². The summed E-state index contributed by atoms with van der Waals surface area (Å²) >= 11 is 0. The summed E-state index contributed by atoms with van der Waals surface area (Å²) in [5, 5.41) is 70.8. The highest BCUT2D eigenvalue weighted by Crippen LogP contribution is 1.98. The standard InChI is InChI=1S/2C7H15NO3.C4H6O6/c2*1-8(2,3)5-6(9)4-7(10)11;5-1(3(7)8)2(6)4(9)10/h2*6,9H,4-5H2,1-3H3;1-2,5-6H,(H,7,8)(H,9,10)/t2*6-;1-,2-/m000/s1. The third kappa shape index (κ3) is 25.7. The van der Waals surface area contributed by atoms with Crippen LogP contribution in [0.1, 0.15) is 12.8 Å². The average Bonchev–Trinajstić information content (AvgIpc) is 2.48. The zero-order valence-electron chi connectivity index (χ0n) is 19.2. The summed E-state index contributed by atoms with van der Waals surface area (Å²) in [6, 6.07) is 0. The number of carboxylic acid groups (broad SMARTS) is 4. The van der Waals surface area contributed by atoms with E-state index in [1.807, 2.05) is 42.3 Å². The van der Waals surface area contributed by atoms with Gasteiger partial charge in [0.15, 0.2) is 12.2 Å². The van der Waals surface area contributed by atoms with Gasteiger partial charge in [0, 0.05) is 24.8 Å². The minimum Gasteiger partial charge on any atom is -0.550 e. The van der Waals surface area contributed by atoms with Gasteiger partial charge in [-0.2, -0.15) is 0 Å². The van der Waals surface area contributed by atoms with E-state index in [4.69, 9.17) is 30.6 Å². The summed E-state index contributed by atoms with van der Waals surface area (Å²) in [5.41, 5.74) is 0. The van der Waals surface area contributed by atoms with Crippen molar-refractivity contribution in [1.29, 1.82) is 0 Å². The minimum atomic E-state index is -2.27. The van der Waals surface area contributed by atoms with Crippen molar-refractivity contribution in [2.24, 2.45) is 0 Å². The Morgan fingerprint density at radius 1 is 0.625 bits per heavy atom. The molecular formula is C18H36N2O12. The van der Waals surface area contributed by atoms with E-state index in [1.165, 1.54) is 0 Å². The van der Waals surface area contributed by atoms with Crippen LogP contribution < -0.4 is 10.2 Å². The summed E-state index contributed by atoms with van der Waals surface area (Å²) < 4.78 is 1.10. The molecule has 0 rings (SSSR count). The Morgan fingerprint density at radius 3 is 0.969 bits per heavy atom. The molecule has 0 aromatic carbocycles. The van der Waals surface area contributed by atoms with Crippen molar-refractivity contribution in [2.45, 2.75) is 37.3 Å². The summed E-state index contributed by atoms with van der Waals surface area (Å²) in [7, 11) is 11.3. The van der Waals surface area contributed by atoms with Gasteiger partial charge >= 0.3 is 11.9 Å². The van der Waals surface area contributed by atoms with Crippen molar-refractivity contribution in [3.8, 4) is 0 Å². The van der Waals surface area contributed by atoms with Gasteiger partial charge in [0.25, 0.3) is 0 Å². The highest BCUT2D eigenvalue weighted by atomic mass is 16.4. The number of hydrogen-bond donors (Lipinski definition) is 6. The van der Waals surface area contributed by atoms with Crippen molar-refractivity contribution < 1.29 is 69.0 Å². The molecule has 6 N–H and O–H groups in total. The van der Waals surface area contributed by atoms with Crippen molar-refractivity contribution in [2.75, 3.05) is 55.4 Å². The molecule has 4 atom stereocenters. The Morgan fingerprint density at radius 2 is 0.844 bits per heavy atom. The normalized spacial score (nSPS) is 14.9. The first-order valence-corrected chi connectivity index (χ1v) is 9.27. The van der Waals surface area contributed by atoms with Gasteiger partial charge in [0.1, 0.15) is 25.3 Å². The molecule has 0 amide bonds. The van der Waals surface area contributed by atoms with Crippen molar-refractivity contribution >= 4 is 23.9 Å².